The molecular formula is C10H10F3NO2. The number of carbonyl (C=O) groups excluding carboxylic acids is 1. The minimum absolute atomic E-state index is 0.126. The van der Waals surface area contributed by atoms with Crippen molar-refractivity contribution in [3.63, 3.8) is 0 Å². The number of hydrogen-bond acceptors (Lipinski definition) is 2. The number of halogens is 3. The van der Waals surface area contributed by atoms with Crippen molar-refractivity contribution in [3.05, 3.63) is 35.9 Å². The quantitative estimate of drug-likeness (QED) is 0.778. The molecule has 1 aromatic rings. The Morgan fingerprint density at radius 2 is 1.75 bits per heavy atom. The maximum atomic E-state index is 12.7. The predicted molar refractivity (Wildman–Crippen MR) is 46.9 cm³/mol. The van der Waals surface area contributed by atoms with Crippen LogP contribution >= 0.6 is 0 Å². The molecule has 0 saturated carbocycles. The Morgan fingerprint density at radius 3 is 2.12 bits per heavy atom. The Morgan fingerprint density at radius 1 is 1.25 bits per heavy atom. The maximum absolute atomic E-state index is 12.7. The first kappa shape index (κ1) is 12.5. The number of hydrogen-bond donors (Lipinski definition) is 1. The fraction of sp³-hybridized carbons (Fsp3) is 0.300. The fourth-order valence-corrected chi connectivity index (χ4v) is 1.45. The third kappa shape index (κ3) is 2.73. The largest absolute Gasteiger partial charge is 0.544 e. The van der Waals surface area contributed by atoms with E-state index in [1.807, 2.05) is 0 Å². The zero-order valence-electron chi connectivity index (χ0n) is 8.20. The molecule has 0 spiro atoms. The molecule has 0 aliphatic carbocycles. The number of carboxylic acid groups (broad SMARTS) is 1. The number of carbonyl (C=O) groups is 1. The second-order valence-corrected chi connectivity index (χ2v) is 3.36. The van der Waals surface area contributed by atoms with Crippen LogP contribution in [0.3, 0.4) is 0 Å². The highest BCUT2D eigenvalue weighted by Gasteiger charge is 2.47. The Hall–Kier alpha value is -1.56. The van der Waals surface area contributed by atoms with Crippen molar-refractivity contribution in [3.8, 4) is 0 Å². The van der Waals surface area contributed by atoms with Gasteiger partial charge in [0.05, 0.1) is 0 Å². The molecular weight excluding hydrogens is 223 g/mol. The molecule has 0 bridgehead atoms. The number of alkyl halides is 3. The zero-order chi connectivity index (χ0) is 12.3. The number of rotatable bonds is 3. The van der Waals surface area contributed by atoms with Gasteiger partial charge in [-0.2, -0.15) is 13.2 Å². The molecule has 1 rings (SSSR count). The van der Waals surface area contributed by atoms with Crippen molar-refractivity contribution >= 4 is 5.97 Å². The fourth-order valence-electron chi connectivity index (χ4n) is 1.45. The van der Waals surface area contributed by atoms with Crippen molar-refractivity contribution in [2.75, 3.05) is 0 Å². The SMILES string of the molecule is [NH3+][C@H](C(=O)[O-])[C@H](c1ccccc1)C(F)(F)F. The summed E-state index contributed by atoms with van der Waals surface area (Å²) in [5.41, 5.74) is 2.87. The third-order valence-corrected chi connectivity index (χ3v) is 2.22. The Labute approximate surface area is 89.7 Å². The summed E-state index contributed by atoms with van der Waals surface area (Å²) >= 11 is 0. The van der Waals surface area contributed by atoms with Crippen LogP contribution in [0.2, 0.25) is 0 Å². The van der Waals surface area contributed by atoms with E-state index in [0.29, 0.717) is 0 Å². The van der Waals surface area contributed by atoms with Crippen LogP contribution in [-0.4, -0.2) is 18.2 Å². The van der Waals surface area contributed by atoms with Gasteiger partial charge in [0.2, 0.25) is 0 Å². The molecule has 0 radical (unpaired) electrons. The van der Waals surface area contributed by atoms with E-state index < -0.39 is 24.1 Å². The van der Waals surface area contributed by atoms with Crippen molar-refractivity contribution in [2.45, 2.75) is 18.1 Å². The lowest BCUT2D eigenvalue weighted by molar-refractivity contribution is -0.453. The van der Waals surface area contributed by atoms with Crippen LogP contribution in [0.5, 0.6) is 0 Å². The van der Waals surface area contributed by atoms with Gasteiger partial charge in [-0.15, -0.1) is 0 Å². The molecule has 0 unspecified atom stereocenters. The number of benzene rings is 1. The molecule has 3 N–H and O–H groups in total. The first-order valence-electron chi connectivity index (χ1n) is 4.49. The molecule has 16 heavy (non-hydrogen) atoms. The van der Waals surface area contributed by atoms with Crippen LogP contribution in [0.15, 0.2) is 30.3 Å². The van der Waals surface area contributed by atoms with Crippen molar-refractivity contribution in [1.82, 2.24) is 0 Å². The molecule has 2 atom stereocenters. The van der Waals surface area contributed by atoms with E-state index in [1.54, 1.807) is 6.07 Å². The van der Waals surface area contributed by atoms with Crippen LogP contribution in [0.1, 0.15) is 11.5 Å². The van der Waals surface area contributed by atoms with E-state index in [1.165, 1.54) is 24.3 Å². The molecule has 0 aromatic heterocycles. The van der Waals surface area contributed by atoms with Crippen molar-refractivity contribution in [2.24, 2.45) is 0 Å². The third-order valence-electron chi connectivity index (χ3n) is 2.22. The van der Waals surface area contributed by atoms with Gasteiger partial charge in [0.15, 0.2) is 0 Å². The highest BCUT2D eigenvalue weighted by atomic mass is 19.4. The van der Waals surface area contributed by atoms with Crippen molar-refractivity contribution < 1.29 is 28.8 Å². The van der Waals surface area contributed by atoms with Crippen LogP contribution in [0.25, 0.3) is 0 Å². The molecule has 88 valence electrons. The van der Waals surface area contributed by atoms with Gasteiger partial charge in [-0.25, -0.2) is 0 Å². The summed E-state index contributed by atoms with van der Waals surface area (Å²) in [6, 6.07) is 4.96. The van der Waals surface area contributed by atoms with Gasteiger partial charge in [-0.3, -0.25) is 0 Å². The van der Waals surface area contributed by atoms with Crippen LogP contribution in [0, 0.1) is 0 Å². The average molecular weight is 233 g/mol. The first-order valence-corrected chi connectivity index (χ1v) is 4.49. The Balaban J connectivity index is 3.12. The summed E-state index contributed by atoms with van der Waals surface area (Å²) in [5, 5.41) is 10.5. The molecule has 0 saturated heterocycles. The predicted octanol–water partition coefficient (Wildman–Crippen LogP) is -0.307. The Bertz CT molecular complexity index is 364. The van der Waals surface area contributed by atoms with E-state index in [-0.39, 0.29) is 5.56 Å². The number of carboxylic acids is 1. The minimum atomic E-state index is -4.66. The molecule has 6 heteroatoms. The molecule has 0 fully saturated rings. The molecule has 1 aromatic carbocycles. The summed E-state index contributed by atoms with van der Waals surface area (Å²) in [7, 11) is 0. The first-order chi connectivity index (χ1) is 7.34. The van der Waals surface area contributed by atoms with Gasteiger partial charge in [0.1, 0.15) is 17.9 Å². The summed E-state index contributed by atoms with van der Waals surface area (Å²) in [6.07, 6.45) is -4.66. The van der Waals surface area contributed by atoms with Gasteiger partial charge in [0.25, 0.3) is 0 Å². The van der Waals surface area contributed by atoms with Gasteiger partial charge in [-0.05, 0) is 5.56 Å². The topological polar surface area (TPSA) is 67.8 Å². The van der Waals surface area contributed by atoms with E-state index in [9.17, 15) is 23.1 Å². The molecule has 0 amide bonds. The van der Waals surface area contributed by atoms with Gasteiger partial charge >= 0.3 is 6.18 Å². The second kappa shape index (κ2) is 4.52. The number of aliphatic carboxylic acids is 1. The van der Waals surface area contributed by atoms with Gasteiger partial charge in [-0.1, -0.05) is 30.3 Å². The molecule has 0 aliphatic rings. The van der Waals surface area contributed by atoms with Crippen LogP contribution in [0.4, 0.5) is 13.2 Å². The summed E-state index contributed by atoms with van der Waals surface area (Å²) in [5.74, 6) is -3.95. The number of quaternary nitrogens is 1. The lowest BCUT2D eigenvalue weighted by atomic mass is 9.91. The standard InChI is InChI=1S/C10H10F3NO2/c11-10(12,13)7(8(14)9(15)16)6-4-2-1-3-5-6/h1-5,7-8H,14H2,(H,15,16)/t7-,8-/m0/s1. The highest BCUT2D eigenvalue weighted by Crippen LogP contribution is 2.35. The van der Waals surface area contributed by atoms with E-state index in [0.717, 1.165) is 0 Å². The summed E-state index contributed by atoms with van der Waals surface area (Å²) in [6.45, 7) is 0. The lowest BCUT2D eigenvalue weighted by Crippen LogP contribution is -2.72. The highest BCUT2D eigenvalue weighted by molar-refractivity contribution is 5.71. The summed E-state index contributed by atoms with van der Waals surface area (Å²) < 4.78 is 38.1. The molecule has 3 nitrogen and oxygen atoms in total. The molecule has 0 heterocycles. The van der Waals surface area contributed by atoms with Gasteiger partial charge < -0.3 is 15.6 Å². The normalized spacial score (nSPS) is 15.5. The van der Waals surface area contributed by atoms with Gasteiger partial charge in [0, 0.05) is 0 Å². The van der Waals surface area contributed by atoms with E-state index >= 15 is 0 Å². The zero-order valence-corrected chi connectivity index (χ0v) is 8.20. The van der Waals surface area contributed by atoms with E-state index in [2.05, 4.69) is 5.73 Å². The second-order valence-electron chi connectivity index (χ2n) is 3.36. The summed E-state index contributed by atoms with van der Waals surface area (Å²) in [4.78, 5) is 10.5. The van der Waals surface area contributed by atoms with E-state index in [4.69, 9.17) is 0 Å². The smallest absolute Gasteiger partial charge is 0.401 e. The van der Waals surface area contributed by atoms with Crippen LogP contribution in [-0.2, 0) is 4.79 Å². The monoisotopic (exact) mass is 233 g/mol. The Kier molecular flexibility index (Phi) is 3.54. The minimum Gasteiger partial charge on any atom is -0.544 e. The lowest BCUT2D eigenvalue weighted by Gasteiger charge is -2.24. The van der Waals surface area contributed by atoms with Crippen molar-refractivity contribution in [1.29, 1.82) is 0 Å². The maximum Gasteiger partial charge on any atom is 0.401 e. The molecule has 0 aliphatic heterocycles. The van der Waals surface area contributed by atoms with Crippen LogP contribution < -0.4 is 10.8 Å². The average Bonchev–Trinajstić information content (AvgIpc) is 2.17.